The van der Waals surface area contributed by atoms with Gasteiger partial charge in [-0.05, 0) is 48.9 Å². The van der Waals surface area contributed by atoms with Gasteiger partial charge in [0.1, 0.15) is 11.5 Å². The summed E-state index contributed by atoms with van der Waals surface area (Å²) in [5, 5.41) is 2.91. The predicted molar refractivity (Wildman–Crippen MR) is 105 cm³/mol. The van der Waals surface area contributed by atoms with Crippen LogP contribution < -0.4 is 5.32 Å². The first-order valence-electron chi connectivity index (χ1n) is 7.76. The molecule has 2 aromatic carbocycles. The maximum absolute atomic E-state index is 12.3. The third-order valence-electron chi connectivity index (χ3n) is 3.87. The molecule has 0 bridgehead atoms. The average Bonchev–Trinajstić information content (AvgIpc) is 3.04. The number of nitrogens with one attached hydrogen (secondary N) is 1. The second-order valence-electron chi connectivity index (χ2n) is 5.75. The zero-order chi connectivity index (χ0) is 17.4. The molecule has 5 heteroatoms. The van der Waals surface area contributed by atoms with Gasteiger partial charge in [-0.2, -0.15) is 0 Å². The minimum absolute atomic E-state index is 0.113. The van der Waals surface area contributed by atoms with Crippen molar-refractivity contribution in [1.82, 2.24) is 0 Å². The monoisotopic (exact) mass is 411 g/mol. The molecule has 0 spiro atoms. The van der Waals surface area contributed by atoms with Gasteiger partial charge < -0.3 is 9.73 Å². The summed E-state index contributed by atoms with van der Waals surface area (Å²) in [5.41, 5.74) is 3.01. The number of furan rings is 1. The van der Waals surface area contributed by atoms with Gasteiger partial charge in [-0.1, -0.05) is 45.9 Å². The number of carbonyl (C=O) groups is 1. The van der Waals surface area contributed by atoms with Crippen LogP contribution in [0.1, 0.15) is 11.3 Å². The summed E-state index contributed by atoms with van der Waals surface area (Å²) < 4.78 is 6.92. The molecule has 1 aromatic heterocycles. The normalized spacial score (nSPS) is 15.1. The van der Waals surface area contributed by atoms with E-state index in [1.165, 1.54) is 17.3 Å². The first-order valence-corrected chi connectivity index (χ1v) is 9.37. The summed E-state index contributed by atoms with van der Waals surface area (Å²) in [6.45, 7) is 2.04. The van der Waals surface area contributed by atoms with Crippen LogP contribution >= 0.6 is 27.7 Å². The molecule has 0 atom stereocenters. The number of thioether (sulfide) groups is 1. The molecule has 0 saturated carbocycles. The standard InChI is InChI=1S/C20H14BrNO2S/c1-12-6-8-14(15(21)10-12)17-9-7-13(24-17)11-19-20(23)22-16-4-2-3-5-18(16)25-19/h2-11H,1H3,(H,22,23)/b19-11-. The molecule has 0 saturated heterocycles. The number of aryl methyl sites for hydroxylation is 1. The van der Waals surface area contributed by atoms with E-state index < -0.39 is 0 Å². The van der Waals surface area contributed by atoms with E-state index in [1.54, 1.807) is 6.08 Å². The number of hydrogen-bond donors (Lipinski definition) is 1. The molecule has 1 aliphatic heterocycles. The third kappa shape index (κ3) is 3.30. The smallest absolute Gasteiger partial charge is 0.262 e. The van der Waals surface area contributed by atoms with Gasteiger partial charge in [0, 0.05) is 21.0 Å². The van der Waals surface area contributed by atoms with Crippen molar-refractivity contribution < 1.29 is 9.21 Å². The van der Waals surface area contributed by atoms with Gasteiger partial charge in [-0.25, -0.2) is 0 Å². The Morgan fingerprint density at radius 1 is 1.12 bits per heavy atom. The fourth-order valence-electron chi connectivity index (χ4n) is 2.63. The van der Waals surface area contributed by atoms with Gasteiger partial charge in [0.2, 0.25) is 0 Å². The highest BCUT2D eigenvalue weighted by atomic mass is 79.9. The van der Waals surface area contributed by atoms with Gasteiger partial charge in [-0.15, -0.1) is 0 Å². The number of fused-ring (bicyclic) bond motifs is 1. The van der Waals surface area contributed by atoms with Crippen molar-refractivity contribution in [2.24, 2.45) is 0 Å². The van der Waals surface area contributed by atoms with E-state index in [1.807, 2.05) is 55.5 Å². The van der Waals surface area contributed by atoms with Crippen LogP contribution in [-0.4, -0.2) is 5.91 Å². The Labute approximate surface area is 158 Å². The quantitative estimate of drug-likeness (QED) is 0.517. The number of rotatable bonds is 2. The predicted octanol–water partition coefficient (Wildman–Crippen LogP) is 6.10. The van der Waals surface area contributed by atoms with Crippen molar-refractivity contribution in [3.63, 3.8) is 0 Å². The van der Waals surface area contributed by atoms with Crippen LogP contribution in [0.15, 0.2) is 73.3 Å². The van der Waals surface area contributed by atoms with Crippen molar-refractivity contribution in [3.05, 3.63) is 75.3 Å². The Morgan fingerprint density at radius 2 is 1.96 bits per heavy atom. The van der Waals surface area contributed by atoms with Crippen LogP contribution in [-0.2, 0) is 4.79 Å². The summed E-state index contributed by atoms with van der Waals surface area (Å²) in [6, 6.07) is 17.7. The molecule has 0 fully saturated rings. The van der Waals surface area contributed by atoms with Crippen LogP contribution in [0.3, 0.4) is 0 Å². The van der Waals surface area contributed by atoms with E-state index in [0.717, 1.165) is 26.4 Å². The molecule has 0 radical (unpaired) electrons. The van der Waals surface area contributed by atoms with Crippen LogP contribution in [0.25, 0.3) is 17.4 Å². The maximum Gasteiger partial charge on any atom is 0.262 e. The topological polar surface area (TPSA) is 42.2 Å². The minimum atomic E-state index is -0.113. The van der Waals surface area contributed by atoms with Gasteiger partial charge in [0.25, 0.3) is 5.91 Å². The number of carbonyl (C=O) groups excluding carboxylic acids is 1. The first-order chi connectivity index (χ1) is 12.1. The van der Waals surface area contributed by atoms with Crippen molar-refractivity contribution in [1.29, 1.82) is 0 Å². The molecular weight excluding hydrogens is 398 g/mol. The third-order valence-corrected chi connectivity index (χ3v) is 5.62. The van der Waals surface area contributed by atoms with Crippen molar-refractivity contribution >= 4 is 45.4 Å². The molecule has 4 rings (SSSR count). The molecular formula is C20H14BrNO2S. The molecule has 0 unspecified atom stereocenters. The maximum atomic E-state index is 12.3. The molecule has 3 nitrogen and oxygen atoms in total. The summed E-state index contributed by atoms with van der Waals surface area (Å²) in [5.74, 6) is 1.30. The summed E-state index contributed by atoms with van der Waals surface area (Å²) in [7, 11) is 0. The van der Waals surface area contributed by atoms with Crippen LogP contribution in [0.5, 0.6) is 0 Å². The molecule has 1 amide bonds. The number of benzene rings is 2. The van der Waals surface area contributed by atoms with E-state index in [0.29, 0.717) is 10.7 Å². The molecule has 25 heavy (non-hydrogen) atoms. The lowest BCUT2D eigenvalue weighted by Gasteiger charge is -2.17. The Balaban J connectivity index is 1.65. The number of amides is 1. The SMILES string of the molecule is Cc1ccc(-c2ccc(/C=C3\Sc4ccccc4NC3=O)o2)c(Br)c1. The Bertz CT molecular complexity index is 1010. The van der Waals surface area contributed by atoms with Crippen LogP contribution in [0, 0.1) is 6.92 Å². The highest BCUT2D eigenvalue weighted by Crippen LogP contribution is 2.39. The fourth-order valence-corrected chi connectivity index (χ4v) is 4.25. The molecule has 1 N–H and O–H groups in total. The summed E-state index contributed by atoms with van der Waals surface area (Å²) in [6.07, 6.45) is 1.78. The van der Waals surface area contributed by atoms with E-state index in [9.17, 15) is 4.79 Å². The Hall–Kier alpha value is -2.24. The molecule has 2 heterocycles. The first kappa shape index (κ1) is 16.2. The second kappa shape index (κ2) is 6.58. The van der Waals surface area contributed by atoms with E-state index in [2.05, 4.69) is 27.3 Å². The lowest BCUT2D eigenvalue weighted by atomic mass is 10.1. The minimum Gasteiger partial charge on any atom is -0.457 e. The van der Waals surface area contributed by atoms with Gasteiger partial charge in [0.15, 0.2) is 0 Å². The molecule has 1 aliphatic rings. The van der Waals surface area contributed by atoms with E-state index in [4.69, 9.17) is 4.42 Å². The van der Waals surface area contributed by atoms with Gasteiger partial charge >= 0.3 is 0 Å². The van der Waals surface area contributed by atoms with Gasteiger partial charge in [0.05, 0.1) is 10.6 Å². The number of anilines is 1. The van der Waals surface area contributed by atoms with Crippen LogP contribution in [0.2, 0.25) is 0 Å². The Kier molecular flexibility index (Phi) is 4.27. The van der Waals surface area contributed by atoms with Crippen molar-refractivity contribution in [2.75, 3.05) is 5.32 Å². The molecule has 3 aromatic rings. The van der Waals surface area contributed by atoms with Crippen LogP contribution in [0.4, 0.5) is 5.69 Å². The van der Waals surface area contributed by atoms with Crippen molar-refractivity contribution in [2.45, 2.75) is 11.8 Å². The number of halogens is 1. The molecule has 124 valence electrons. The van der Waals surface area contributed by atoms with Crippen molar-refractivity contribution in [3.8, 4) is 11.3 Å². The Morgan fingerprint density at radius 3 is 2.80 bits per heavy atom. The molecule has 0 aliphatic carbocycles. The zero-order valence-corrected chi connectivity index (χ0v) is 15.8. The van der Waals surface area contributed by atoms with Gasteiger partial charge in [-0.3, -0.25) is 4.79 Å². The number of para-hydroxylation sites is 1. The summed E-state index contributed by atoms with van der Waals surface area (Å²) >= 11 is 5.03. The largest absolute Gasteiger partial charge is 0.457 e. The number of hydrogen-bond acceptors (Lipinski definition) is 3. The van der Waals surface area contributed by atoms with E-state index in [-0.39, 0.29) is 5.91 Å². The highest BCUT2D eigenvalue weighted by molar-refractivity contribution is 9.10. The highest BCUT2D eigenvalue weighted by Gasteiger charge is 2.21. The average molecular weight is 412 g/mol. The lowest BCUT2D eigenvalue weighted by molar-refractivity contribution is -0.112. The lowest BCUT2D eigenvalue weighted by Crippen LogP contribution is -2.16. The fraction of sp³-hybridized carbons (Fsp3) is 0.0500. The zero-order valence-electron chi connectivity index (χ0n) is 13.4. The van der Waals surface area contributed by atoms with E-state index >= 15 is 0 Å². The summed E-state index contributed by atoms with van der Waals surface area (Å²) in [4.78, 5) is 13.9. The second-order valence-corrected chi connectivity index (χ2v) is 7.68.